The summed E-state index contributed by atoms with van der Waals surface area (Å²) in [6.45, 7) is 9.45. The van der Waals surface area contributed by atoms with Gasteiger partial charge in [-0.1, -0.05) is 17.7 Å². The Balaban J connectivity index is 1.62. The van der Waals surface area contributed by atoms with Gasteiger partial charge >= 0.3 is 5.69 Å². The molecular formula is C31H36N6O5. The number of carbonyl (C=O) groups is 1. The number of aryl methyl sites for hydroxylation is 4. The lowest BCUT2D eigenvalue weighted by atomic mass is 9.97. The summed E-state index contributed by atoms with van der Waals surface area (Å²) in [5.41, 5.74) is 7.30. The molecule has 1 aliphatic heterocycles. The Morgan fingerprint density at radius 3 is 2.52 bits per heavy atom. The molecule has 0 saturated carbocycles. The number of H-pyrrole nitrogens is 1. The molecule has 0 bridgehead atoms. The second kappa shape index (κ2) is 12.0. The van der Waals surface area contributed by atoms with Crippen molar-refractivity contribution in [2.75, 3.05) is 27.4 Å². The van der Waals surface area contributed by atoms with Crippen molar-refractivity contribution >= 4 is 11.6 Å². The number of aromatic nitrogens is 4. The SMILES string of the molecule is CCOc1cc2c(cc1OC)-c1c/c(=N\c3c(C)cc(C)cc3C)n(CCNC(=O)c3c[nH]nc3OC)c(=O)n1CC2. The predicted octanol–water partition coefficient (Wildman–Crippen LogP) is 3.60. The summed E-state index contributed by atoms with van der Waals surface area (Å²) in [7, 11) is 3.06. The number of hydrogen-bond acceptors (Lipinski definition) is 7. The van der Waals surface area contributed by atoms with E-state index < -0.39 is 0 Å². The minimum absolute atomic E-state index is 0.197. The van der Waals surface area contributed by atoms with Crippen LogP contribution in [0.3, 0.4) is 0 Å². The van der Waals surface area contributed by atoms with E-state index in [4.69, 9.17) is 19.2 Å². The van der Waals surface area contributed by atoms with E-state index in [9.17, 15) is 9.59 Å². The number of rotatable bonds is 9. The van der Waals surface area contributed by atoms with E-state index in [-0.39, 0.29) is 36.1 Å². The summed E-state index contributed by atoms with van der Waals surface area (Å²) in [4.78, 5) is 31.9. The molecule has 2 aromatic carbocycles. The number of nitrogens with one attached hydrogen (secondary N) is 2. The average Bonchev–Trinajstić information content (AvgIpc) is 3.45. The standard InChI is InChI=1S/C31H36N6O5/c1-7-42-26-14-21-8-10-36-24(22(21)15-25(26)40-5)16-27(34-28-19(3)12-18(2)13-20(28)4)37(31(36)39)11-9-32-29(38)23-17-33-35-30(23)41-6/h12-17H,7-11H2,1-6H3,(H,32,38)(H,33,35)/b34-27+. The molecular weight excluding hydrogens is 536 g/mol. The minimum Gasteiger partial charge on any atom is -0.493 e. The Hall–Kier alpha value is -4.80. The van der Waals surface area contributed by atoms with Gasteiger partial charge in [-0.15, -0.1) is 5.10 Å². The first-order valence-electron chi connectivity index (χ1n) is 13.9. The van der Waals surface area contributed by atoms with Gasteiger partial charge in [0, 0.05) is 37.5 Å². The Kier molecular flexibility index (Phi) is 8.19. The lowest BCUT2D eigenvalue weighted by molar-refractivity contribution is 0.0949. The Bertz CT molecular complexity index is 1760. The summed E-state index contributed by atoms with van der Waals surface area (Å²) < 4.78 is 20.0. The van der Waals surface area contributed by atoms with Crippen LogP contribution in [0.25, 0.3) is 11.3 Å². The maximum atomic E-state index is 14.0. The molecule has 220 valence electrons. The molecule has 1 aliphatic rings. The summed E-state index contributed by atoms with van der Waals surface area (Å²) in [6, 6.07) is 10.0. The molecule has 0 radical (unpaired) electrons. The Labute approximate surface area is 243 Å². The molecule has 1 amide bonds. The molecule has 0 unspecified atom stereocenters. The summed E-state index contributed by atoms with van der Waals surface area (Å²) in [5, 5.41) is 9.41. The largest absolute Gasteiger partial charge is 0.493 e. The molecule has 0 aliphatic carbocycles. The van der Waals surface area contributed by atoms with Gasteiger partial charge in [-0.05, 0) is 62.9 Å². The first-order chi connectivity index (χ1) is 20.2. The van der Waals surface area contributed by atoms with Crippen LogP contribution in [0.4, 0.5) is 5.69 Å². The van der Waals surface area contributed by atoms with E-state index in [2.05, 4.69) is 27.6 Å². The minimum atomic E-state index is -0.353. The van der Waals surface area contributed by atoms with Crippen molar-refractivity contribution in [3.63, 3.8) is 0 Å². The van der Waals surface area contributed by atoms with Gasteiger partial charge in [-0.3, -0.25) is 19.0 Å². The van der Waals surface area contributed by atoms with Crippen molar-refractivity contribution in [1.82, 2.24) is 24.6 Å². The van der Waals surface area contributed by atoms with Crippen LogP contribution >= 0.6 is 0 Å². The highest BCUT2D eigenvalue weighted by Crippen LogP contribution is 2.37. The van der Waals surface area contributed by atoms with Gasteiger partial charge < -0.3 is 19.5 Å². The number of ether oxygens (including phenoxy) is 3. The molecule has 11 heteroatoms. The zero-order chi connectivity index (χ0) is 30.0. The second-order valence-corrected chi connectivity index (χ2v) is 10.2. The highest BCUT2D eigenvalue weighted by Gasteiger charge is 2.23. The fraction of sp³-hybridized carbons (Fsp3) is 0.355. The number of amides is 1. The Morgan fingerprint density at radius 1 is 1.07 bits per heavy atom. The normalized spacial score (nSPS) is 12.5. The van der Waals surface area contributed by atoms with Crippen molar-refractivity contribution in [2.45, 2.75) is 47.2 Å². The highest BCUT2D eigenvalue weighted by atomic mass is 16.5. The molecule has 42 heavy (non-hydrogen) atoms. The van der Waals surface area contributed by atoms with Crippen molar-refractivity contribution in [2.24, 2.45) is 4.99 Å². The van der Waals surface area contributed by atoms with Gasteiger partial charge in [-0.25, -0.2) is 9.79 Å². The molecule has 2 N–H and O–H groups in total. The van der Waals surface area contributed by atoms with E-state index in [1.807, 2.05) is 45.9 Å². The molecule has 0 spiro atoms. The lowest BCUT2D eigenvalue weighted by Crippen LogP contribution is -2.44. The molecule has 3 heterocycles. The van der Waals surface area contributed by atoms with E-state index in [0.29, 0.717) is 36.6 Å². The monoisotopic (exact) mass is 572 g/mol. The molecule has 11 nitrogen and oxygen atoms in total. The van der Waals surface area contributed by atoms with Crippen LogP contribution in [-0.2, 0) is 19.5 Å². The number of fused-ring (bicyclic) bond motifs is 3. The van der Waals surface area contributed by atoms with Gasteiger partial charge in [0.25, 0.3) is 5.91 Å². The van der Waals surface area contributed by atoms with Crippen LogP contribution in [0.15, 0.2) is 46.3 Å². The number of hydrogen-bond donors (Lipinski definition) is 2. The van der Waals surface area contributed by atoms with E-state index in [0.717, 1.165) is 39.2 Å². The van der Waals surface area contributed by atoms with E-state index in [1.165, 1.54) is 13.3 Å². The van der Waals surface area contributed by atoms with Crippen LogP contribution in [0.5, 0.6) is 17.4 Å². The number of methoxy groups -OCH3 is 2. The first kappa shape index (κ1) is 28.7. The third kappa shape index (κ3) is 5.41. The molecule has 0 fully saturated rings. The quantitative estimate of drug-likeness (QED) is 0.316. The smallest absolute Gasteiger partial charge is 0.330 e. The van der Waals surface area contributed by atoms with Crippen molar-refractivity contribution in [1.29, 1.82) is 0 Å². The topological polar surface area (TPSA) is 125 Å². The number of nitrogens with zero attached hydrogens (tertiary/aromatic N) is 4. The van der Waals surface area contributed by atoms with Crippen LogP contribution in [0.2, 0.25) is 0 Å². The van der Waals surface area contributed by atoms with Crippen molar-refractivity contribution in [3.05, 3.63) is 80.3 Å². The summed E-state index contributed by atoms with van der Waals surface area (Å²) in [5.74, 6) is 1.14. The van der Waals surface area contributed by atoms with Crippen LogP contribution in [0, 0.1) is 20.8 Å². The number of aromatic amines is 1. The number of carbonyl (C=O) groups excluding carboxylic acids is 1. The number of benzene rings is 2. The second-order valence-electron chi connectivity index (χ2n) is 10.2. The Morgan fingerprint density at radius 2 is 1.83 bits per heavy atom. The predicted molar refractivity (Wildman–Crippen MR) is 159 cm³/mol. The molecule has 5 rings (SSSR count). The van der Waals surface area contributed by atoms with Crippen LogP contribution in [0.1, 0.15) is 39.5 Å². The van der Waals surface area contributed by atoms with Gasteiger partial charge in [0.1, 0.15) is 11.1 Å². The van der Waals surface area contributed by atoms with E-state index in [1.54, 1.807) is 16.2 Å². The summed E-state index contributed by atoms with van der Waals surface area (Å²) in [6.07, 6.45) is 2.14. The van der Waals surface area contributed by atoms with Gasteiger partial charge in [-0.2, -0.15) is 0 Å². The molecule has 4 aromatic rings. The van der Waals surface area contributed by atoms with Crippen molar-refractivity contribution in [3.8, 4) is 28.6 Å². The molecule has 2 aromatic heterocycles. The fourth-order valence-electron chi connectivity index (χ4n) is 5.51. The maximum Gasteiger partial charge on any atom is 0.330 e. The summed E-state index contributed by atoms with van der Waals surface area (Å²) >= 11 is 0. The molecule has 0 atom stereocenters. The first-order valence-corrected chi connectivity index (χ1v) is 13.9. The van der Waals surface area contributed by atoms with Gasteiger partial charge in [0.2, 0.25) is 5.88 Å². The lowest BCUT2D eigenvalue weighted by Gasteiger charge is -2.25. The van der Waals surface area contributed by atoms with Gasteiger partial charge in [0.15, 0.2) is 11.5 Å². The maximum absolute atomic E-state index is 14.0. The highest BCUT2D eigenvalue weighted by molar-refractivity contribution is 5.96. The fourth-order valence-corrected chi connectivity index (χ4v) is 5.51. The van der Waals surface area contributed by atoms with Crippen LogP contribution < -0.4 is 30.7 Å². The van der Waals surface area contributed by atoms with Crippen LogP contribution in [-0.4, -0.2) is 52.6 Å². The van der Waals surface area contributed by atoms with Crippen molar-refractivity contribution < 1.29 is 19.0 Å². The molecule has 0 saturated heterocycles. The van der Waals surface area contributed by atoms with E-state index >= 15 is 0 Å². The third-order valence-electron chi connectivity index (χ3n) is 7.39. The zero-order valence-corrected chi connectivity index (χ0v) is 24.8. The average molecular weight is 573 g/mol. The third-order valence-corrected chi connectivity index (χ3v) is 7.39. The zero-order valence-electron chi connectivity index (χ0n) is 24.8. The van der Waals surface area contributed by atoms with Gasteiger partial charge in [0.05, 0.1) is 32.2 Å².